The van der Waals surface area contributed by atoms with Crippen LogP contribution in [0.4, 0.5) is 0 Å². The first kappa shape index (κ1) is 18.8. The maximum Gasteiger partial charge on any atom is 0.247 e. The largest absolute Gasteiger partial charge is 0.508 e. The zero-order valence-corrected chi connectivity index (χ0v) is 15.0. The van der Waals surface area contributed by atoms with Crippen molar-refractivity contribution in [3.8, 4) is 5.75 Å². The van der Waals surface area contributed by atoms with Gasteiger partial charge in [0.05, 0.1) is 18.2 Å². The van der Waals surface area contributed by atoms with E-state index in [0.29, 0.717) is 11.1 Å². The van der Waals surface area contributed by atoms with Crippen LogP contribution in [0.15, 0.2) is 23.8 Å². The predicted molar refractivity (Wildman–Crippen MR) is 94.2 cm³/mol. The van der Waals surface area contributed by atoms with E-state index in [9.17, 15) is 20.1 Å². The lowest BCUT2D eigenvalue weighted by molar-refractivity contribution is -0.133. The highest BCUT2D eigenvalue weighted by molar-refractivity contribution is 5.97. The number of phenolic OH excluding ortho intramolecular Hbond substituents is 1. The molecule has 1 saturated carbocycles. The van der Waals surface area contributed by atoms with E-state index < -0.39 is 30.3 Å². The fourth-order valence-corrected chi connectivity index (χ4v) is 3.53. The molecule has 4 N–H and O–H groups in total. The first-order valence-corrected chi connectivity index (χ1v) is 8.67. The monoisotopic (exact) mass is 363 g/mol. The minimum absolute atomic E-state index is 0.0694. The van der Waals surface area contributed by atoms with Crippen molar-refractivity contribution in [2.24, 2.45) is 5.92 Å². The van der Waals surface area contributed by atoms with Gasteiger partial charge < -0.3 is 30.1 Å². The molecule has 0 unspecified atom stereocenters. The number of amides is 1. The molecule has 142 valence electrons. The lowest BCUT2D eigenvalue weighted by atomic mass is 9.78. The number of phenols is 1. The van der Waals surface area contributed by atoms with Crippen LogP contribution in [-0.4, -0.2) is 58.5 Å². The molecule has 1 aromatic rings. The standard InChI is InChI=1S/C19H25NO6/c1-9-4-5-12(7-13(9)21)6-10(2)19(24)20-14-15(22)11(3)17-18(16(14)23)26-8-25-17/h4-7,11,14-18,21-23H,8H2,1-3H3,(H,20,24)/b10-6+/t11-,14-,15-,16-,17-,18+/m1/s1. The molecular weight excluding hydrogens is 338 g/mol. The number of ether oxygens (including phenoxy) is 2. The van der Waals surface area contributed by atoms with Gasteiger partial charge in [-0.15, -0.1) is 0 Å². The molecule has 1 aliphatic heterocycles. The molecule has 1 heterocycles. The maximum absolute atomic E-state index is 12.5. The van der Waals surface area contributed by atoms with Crippen LogP contribution in [0.2, 0.25) is 0 Å². The van der Waals surface area contributed by atoms with Crippen molar-refractivity contribution in [1.82, 2.24) is 5.32 Å². The molecule has 2 aliphatic rings. The molecule has 7 nitrogen and oxygen atoms in total. The number of aryl methyl sites for hydroxylation is 1. The molecule has 0 radical (unpaired) electrons. The second-order valence-electron chi connectivity index (χ2n) is 7.09. The summed E-state index contributed by atoms with van der Waals surface area (Å²) in [5, 5.41) is 33.4. The Morgan fingerprint density at radius 2 is 1.92 bits per heavy atom. The maximum atomic E-state index is 12.5. The van der Waals surface area contributed by atoms with Crippen LogP contribution in [0.5, 0.6) is 5.75 Å². The molecule has 2 fully saturated rings. The number of aliphatic hydroxyl groups excluding tert-OH is 2. The summed E-state index contributed by atoms with van der Waals surface area (Å²) in [7, 11) is 0. The van der Waals surface area contributed by atoms with E-state index in [2.05, 4.69) is 5.32 Å². The fourth-order valence-electron chi connectivity index (χ4n) is 3.53. The number of aromatic hydroxyl groups is 1. The van der Waals surface area contributed by atoms with Gasteiger partial charge in [0.25, 0.3) is 0 Å². The van der Waals surface area contributed by atoms with Crippen molar-refractivity contribution in [1.29, 1.82) is 0 Å². The van der Waals surface area contributed by atoms with Crippen LogP contribution in [0.25, 0.3) is 6.08 Å². The second-order valence-corrected chi connectivity index (χ2v) is 7.09. The minimum Gasteiger partial charge on any atom is -0.508 e. The number of nitrogens with one attached hydrogen (secondary N) is 1. The smallest absolute Gasteiger partial charge is 0.247 e. The molecule has 1 aliphatic carbocycles. The van der Waals surface area contributed by atoms with E-state index in [1.54, 1.807) is 45.0 Å². The second kappa shape index (κ2) is 7.36. The van der Waals surface area contributed by atoms with Crippen molar-refractivity contribution in [3.63, 3.8) is 0 Å². The van der Waals surface area contributed by atoms with E-state index in [1.165, 1.54) is 0 Å². The number of carbonyl (C=O) groups excluding carboxylic acids is 1. The summed E-state index contributed by atoms with van der Waals surface area (Å²) in [5.41, 5.74) is 1.83. The third-order valence-corrected chi connectivity index (χ3v) is 5.25. The Balaban J connectivity index is 1.73. The Labute approximate surface area is 152 Å². The Morgan fingerprint density at radius 3 is 2.62 bits per heavy atom. The topological polar surface area (TPSA) is 108 Å². The quantitative estimate of drug-likeness (QED) is 0.589. The summed E-state index contributed by atoms with van der Waals surface area (Å²) in [6, 6.07) is 4.29. The Hall–Kier alpha value is -1.93. The van der Waals surface area contributed by atoms with E-state index >= 15 is 0 Å². The summed E-state index contributed by atoms with van der Waals surface area (Å²) >= 11 is 0. The lowest BCUT2D eigenvalue weighted by Crippen LogP contribution is -2.64. The zero-order valence-electron chi connectivity index (χ0n) is 15.0. The van der Waals surface area contributed by atoms with Gasteiger partial charge >= 0.3 is 0 Å². The summed E-state index contributed by atoms with van der Waals surface area (Å²) in [5.74, 6) is -0.532. The number of hydrogen-bond donors (Lipinski definition) is 4. The van der Waals surface area contributed by atoms with Crippen LogP contribution in [0, 0.1) is 12.8 Å². The van der Waals surface area contributed by atoms with Crippen LogP contribution in [0.1, 0.15) is 25.0 Å². The normalized spacial score (nSPS) is 34.4. The number of aliphatic hydroxyl groups is 2. The van der Waals surface area contributed by atoms with E-state index in [4.69, 9.17) is 9.47 Å². The van der Waals surface area contributed by atoms with Crippen molar-refractivity contribution < 1.29 is 29.6 Å². The average molecular weight is 363 g/mol. The third kappa shape index (κ3) is 3.48. The third-order valence-electron chi connectivity index (χ3n) is 5.25. The van der Waals surface area contributed by atoms with Crippen molar-refractivity contribution in [3.05, 3.63) is 34.9 Å². The molecular formula is C19H25NO6. The number of fused-ring (bicyclic) bond motifs is 1. The molecule has 3 rings (SSSR count). The summed E-state index contributed by atoms with van der Waals surface area (Å²) in [6.07, 6.45) is -1.34. The van der Waals surface area contributed by atoms with Crippen LogP contribution >= 0.6 is 0 Å². The molecule has 6 atom stereocenters. The van der Waals surface area contributed by atoms with Gasteiger partial charge in [0.1, 0.15) is 24.8 Å². The van der Waals surface area contributed by atoms with Crippen molar-refractivity contribution in [2.75, 3.05) is 6.79 Å². The van der Waals surface area contributed by atoms with Gasteiger partial charge in [0.2, 0.25) is 5.91 Å². The molecule has 1 aromatic carbocycles. The van der Waals surface area contributed by atoms with Gasteiger partial charge in [-0.25, -0.2) is 0 Å². The zero-order chi connectivity index (χ0) is 19.0. The Kier molecular flexibility index (Phi) is 5.34. The average Bonchev–Trinajstić information content (AvgIpc) is 3.10. The fraction of sp³-hybridized carbons (Fsp3) is 0.526. The molecule has 0 spiro atoms. The van der Waals surface area contributed by atoms with Crippen molar-refractivity contribution in [2.45, 2.75) is 51.2 Å². The lowest BCUT2D eigenvalue weighted by Gasteiger charge is -2.42. The minimum atomic E-state index is -1.06. The summed E-state index contributed by atoms with van der Waals surface area (Å²) < 4.78 is 10.8. The van der Waals surface area contributed by atoms with Gasteiger partial charge in [0.15, 0.2) is 0 Å². The van der Waals surface area contributed by atoms with E-state index in [0.717, 1.165) is 5.56 Å². The van der Waals surface area contributed by atoms with Crippen LogP contribution < -0.4 is 5.32 Å². The van der Waals surface area contributed by atoms with E-state index in [1.807, 2.05) is 0 Å². The van der Waals surface area contributed by atoms with Crippen LogP contribution in [0.3, 0.4) is 0 Å². The number of carbonyl (C=O) groups is 1. The SMILES string of the molecule is C/C(=C\c1ccc(C)c(O)c1)C(=O)N[C@@H]1[C@H](O)[C@@H](C)[C@H]2OCO[C@H]2[C@@H]1O. The first-order valence-electron chi connectivity index (χ1n) is 8.67. The number of hydrogen-bond acceptors (Lipinski definition) is 6. The highest BCUT2D eigenvalue weighted by Crippen LogP contribution is 2.33. The number of rotatable bonds is 3. The molecule has 1 amide bonds. The van der Waals surface area contributed by atoms with E-state index in [-0.39, 0.29) is 24.6 Å². The first-order chi connectivity index (χ1) is 12.3. The highest BCUT2D eigenvalue weighted by Gasteiger charge is 2.52. The van der Waals surface area contributed by atoms with Gasteiger partial charge in [-0.1, -0.05) is 19.1 Å². The number of benzene rings is 1. The molecule has 26 heavy (non-hydrogen) atoms. The Morgan fingerprint density at radius 1 is 1.23 bits per heavy atom. The van der Waals surface area contributed by atoms with Gasteiger partial charge in [-0.05, 0) is 37.1 Å². The molecule has 0 bridgehead atoms. The van der Waals surface area contributed by atoms with Gasteiger partial charge in [0, 0.05) is 11.5 Å². The molecule has 7 heteroatoms. The molecule has 0 aromatic heterocycles. The van der Waals surface area contributed by atoms with Crippen molar-refractivity contribution >= 4 is 12.0 Å². The molecule has 1 saturated heterocycles. The van der Waals surface area contributed by atoms with Gasteiger partial charge in [-0.2, -0.15) is 0 Å². The summed E-state index contributed by atoms with van der Waals surface area (Å²) in [4.78, 5) is 12.5. The predicted octanol–water partition coefficient (Wildman–Crippen LogP) is 0.702. The van der Waals surface area contributed by atoms with Crippen LogP contribution in [-0.2, 0) is 14.3 Å². The van der Waals surface area contributed by atoms with Gasteiger partial charge in [-0.3, -0.25) is 4.79 Å². The Bertz CT molecular complexity index is 718. The highest BCUT2D eigenvalue weighted by atomic mass is 16.7. The summed E-state index contributed by atoms with van der Waals surface area (Å²) in [6.45, 7) is 5.30.